The van der Waals surface area contributed by atoms with Crippen molar-refractivity contribution in [2.45, 2.75) is 0 Å². The van der Waals surface area contributed by atoms with Crippen LogP contribution in [0, 0.1) is 0 Å². The molecule has 5 nitrogen and oxygen atoms in total. The second kappa shape index (κ2) is 6.54. The monoisotopic (exact) mass is 195 g/mol. The molecule has 0 heterocycles. The van der Waals surface area contributed by atoms with Gasteiger partial charge in [-0.05, 0) is 0 Å². The van der Waals surface area contributed by atoms with Gasteiger partial charge >= 0.3 is 23.0 Å². The van der Waals surface area contributed by atoms with Crippen molar-refractivity contribution in [3.05, 3.63) is 0 Å². The molecule has 0 aliphatic heterocycles. The fraction of sp³-hybridized carbons (Fsp3) is 0.500. The van der Waals surface area contributed by atoms with E-state index in [0.717, 1.165) is 0 Å². The van der Waals surface area contributed by atoms with E-state index in [1.54, 1.807) is 0 Å². The van der Waals surface area contributed by atoms with E-state index in [2.05, 4.69) is 5.32 Å². The zero-order valence-electron chi connectivity index (χ0n) is 5.06. The quantitative estimate of drug-likeness (QED) is 0.461. The molecule has 0 atom stereocenters. The Morgan fingerprint density at radius 3 is 2.30 bits per heavy atom. The maximum Gasteiger partial charge on any atom is 1.00 e. The van der Waals surface area contributed by atoms with E-state index in [1.807, 2.05) is 0 Å². The minimum absolute atomic E-state index is 0. The Bertz CT molecular complexity index is 128. The molecule has 0 aliphatic rings. The fourth-order valence-corrected chi connectivity index (χ4v) is 0.246. The number of hydrogen-bond acceptors (Lipinski definition) is 3. The second-order valence-corrected chi connectivity index (χ2v) is 1.37. The number of aliphatic carboxylic acids is 1. The minimum atomic E-state index is -1.07. The van der Waals surface area contributed by atoms with Crippen LogP contribution in [0.1, 0.15) is 0 Å². The topological polar surface area (TPSA) is 92.4 Å². The molecule has 0 bridgehead atoms. The van der Waals surface area contributed by atoms with Crippen LogP contribution in [0.25, 0.3) is 0 Å². The predicted molar refractivity (Wildman–Crippen MR) is 29.7 cm³/mol. The number of rotatable bonds is 3. The summed E-state index contributed by atoms with van der Waals surface area (Å²) >= 11 is 0. The Balaban J connectivity index is 0. The molecule has 0 aromatic carbocycles. The molecular formula is C4H8CuN2O3+. The van der Waals surface area contributed by atoms with Gasteiger partial charge in [0.15, 0.2) is 0 Å². The van der Waals surface area contributed by atoms with Crippen molar-refractivity contribution in [3.63, 3.8) is 0 Å². The van der Waals surface area contributed by atoms with Gasteiger partial charge in [-0.2, -0.15) is 0 Å². The Labute approximate surface area is 68.4 Å². The normalized spacial score (nSPS) is 7.70. The largest absolute Gasteiger partial charge is 1.00 e. The van der Waals surface area contributed by atoms with Crippen LogP contribution in [0.2, 0.25) is 0 Å². The van der Waals surface area contributed by atoms with Gasteiger partial charge in [-0.3, -0.25) is 9.59 Å². The molecule has 0 rings (SSSR count). The number of nitrogens with one attached hydrogen (secondary N) is 1. The van der Waals surface area contributed by atoms with Gasteiger partial charge in [0.2, 0.25) is 5.91 Å². The van der Waals surface area contributed by atoms with Crippen LogP contribution < -0.4 is 11.1 Å². The molecule has 10 heavy (non-hydrogen) atoms. The van der Waals surface area contributed by atoms with E-state index in [4.69, 9.17) is 10.8 Å². The number of carbonyl (C=O) groups is 2. The van der Waals surface area contributed by atoms with Gasteiger partial charge in [-0.15, -0.1) is 0 Å². The molecular weight excluding hydrogens is 188 g/mol. The Kier molecular flexibility index (Phi) is 7.93. The Hall–Kier alpha value is -0.581. The number of nitrogens with two attached hydrogens (primary N) is 1. The third-order valence-corrected chi connectivity index (χ3v) is 0.622. The number of carbonyl (C=O) groups excluding carboxylic acids is 1. The molecule has 0 aromatic heterocycles. The molecule has 6 heteroatoms. The standard InChI is InChI=1S/C4H8N2O3.Cu/c5-1-3(7)6-2-4(8)9;/h1-2,5H2,(H,6,7)(H,8,9);/q;+1. The SMILES string of the molecule is NCC(=O)NCC(=O)O.[Cu+]. The average molecular weight is 196 g/mol. The summed E-state index contributed by atoms with van der Waals surface area (Å²) in [5.41, 5.74) is 4.85. The molecule has 62 valence electrons. The van der Waals surface area contributed by atoms with Gasteiger partial charge in [0.05, 0.1) is 6.54 Å². The fourth-order valence-electron chi connectivity index (χ4n) is 0.246. The zero-order valence-corrected chi connectivity index (χ0v) is 6.00. The van der Waals surface area contributed by atoms with Crippen LogP contribution in [-0.4, -0.2) is 30.1 Å². The van der Waals surface area contributed by atoms with Crippen molar-refractivity contribution in [2.24, 2.45) is 5.73 Å². The van der Waals surface area contributed by atoms with Crippen molar-refractivity contribution in [1.29, 1.82) is 0 Å². The third-order valence-electron chi connectivity index (χ3n) is 0.622. The van der Waals surface area contributed by atoms with E-state index in [1.165, 1.54) is 0 Å². The molecule has 0 fully saturated rings. The first kappa shape index (κ1) is 12.1. The number of amides is 1. The van der Waals surface area contributed by atoms with Gasteiger partial charge in [-0.1, -0.05) is 0 Å². The minimum Gasteiger partial charge on any atom is -0.480 e. The number of hydrogen-bond donors (Lipinski definition) is 3. The molecule has 0 saturated carbocycles. The first-order chi connectivity index (χ1) is 4.16. The molecule has 0 aliphatic carbocycles. The predicted octanol–water partition coefficient (Wildman–Crippen LogP) is -1.86. The molecule has 0 spiro atoms. The summed E-state index contributed by atoms with van der Waals surface area (Å²) in [4.78, 5) is 20.0. The second-order valence-electron chi connectivity index (χ2n) is 1.37. The zero-order chi connectivity index (χ0) is 7.28. The van der Waals surface area contributed by atoms with Crippen LogP contribution in [-0.2, 0) is 26.7 Å². The van der Waals surface area contributed by atoms with Gasteiger partial charge in [0.25, 0.3) is 0 Å². The van der Waals surface area contributed by atoms with Gasteiger partial charge in [0.1, 0.15) is 6.54 Å². The summed E-state index contributed by atoms with van der Waals surface area (Å²) in [6.07, 6.45) is 0. The smallest absolute Gasteiger partial charge is 0.480 e. The first-order valence-electron chi connectivity index (χ1n) is 2.35. The first-order valence-corrected chi connectivity index (χ1v) is 2.35. The Morgan fingerprint density at radius 2 is 2.00 bits per heavy atom. The van der Waals surface area contributed by atoms with Crippen molar-refractivity contribution in [1.82, 2.24) is 5.32 Å². The summed E-state index contributed by atoms with van der Waals surface area (Å²) < 4.78 is 0. The van der Waals surface area contributed by atoms with Crippen molar-refractivity contribution < 1.29 is 31.8 Å². The average Bonchev–Trinajstić information content (AvgIpc) is 1.83. The number of carboxylic acids is 1. The maximum atomic E-state index is 10.2. The molecule has 0 aromatic rings. The molecule has 0 saturated heterocycles. The summed E-state index contributed by atoms with van der Waals surface area (Å²) in [6, 6.07) is 0. The van der Waals surface area contributed by atoms with Gasteiger partial charge in [-0.25, -0.2) is 0 Å². The Morgan fingerprint density at radius 1 is 1.50 bits per heavy atom. The molecule has 0 unspecified atom stereocenters. The van der Waals surface area contributed by atoms with Crippen LogP contribution in [0.5, 0.6) is 0 Å². The summed E-state index contributed by atoms with van der Waals surface area (Å²) in [5.74, 6) is -1.53. The summed E-state index contributed by atoms with van der Waals surface area (Å²) in [7, 11) is 0. The summed E-state index contributed by atoms with van der Waals surface area (Å²) in [5, 5.41) is 10.1. The molecule has 0 radical (unpaired) electrons. The molecule has 1 amide bonds. The van der Waals surface area contributed by atoms with Crippen molar-refractivity contribution >= 4 is 11.9 Å². The van der Waals surface area contributed by atoms with Crippen LogP contribution >= 0.6 is 0 Å². The van der Waals surface area contributed by atoms with E-state index < -0.39 is 11.9 Å². The van der Waals surface area contributed by atoms with Crippen LogP contribution in [0.15, 0.2) is 0 Å². The van der Waals surface area contributed by atoms with Crippen LogP contribution in [0.3, 0.4) is 0 Å². The summed E-state index contributed by atoms with van der Waals surface area (Å²) in [6.45, 7) is -0.538. The van der Waals surface area contributed by atoms with E-state index in [-0.39, 0.29) is 30.2 Å². The van der Waals surface area contributed by atoms with Crippen molar-refractivity contribution in [3.8, 4) is 0 Å². The maximum absolute atomic E-state index is 10.2. The third kappa shape index (κ3) is 7.42. The van der Waals surface area contributed by atoms with Crippen molar-refractivity contribution in [2.75, 3.05) is 13.1 Å². The van der Waals surface area contributed by atoms with E-state index in [9.17, 15) is 9.59 Å². The number of carboxylic acid groups (broad SMARTS) is 1. The van der Waals surface area contributed by atoms with E-state index in [0.29, 0.717) is 0 Å². The van der Waals surface area contributed by atoms with Gasteiger partial charge in [0, 0.05) is 0 Å². The van der Waals surface area contributed by atoms with E-state index >= 15 is 0 Å². The molecule has 4 N–H and O–H groups in total. The van der Waals surface area contributed by atoms with Crippen LogP contribution in [0.4, 0.5) is 0 Å². The van der Waals surface area contributed by atoms with Gasteiger partial charge < -0.3 is 16.2 Å².